The Labute approximate surface area is 86.0 Å². The zero-order valence-electron chi connectivity index (χ0n) is 7.97. The van der Waals surface area contributed by atoms with Gasteiger partial charge in [-0.25, -0.2) is 0 Å². The van der Waals surface area contributed by atoms with Gasteiger partial charge in [-0.05, 0) is 24.8 Å². The lowest BCUT2D eigenvalue weighted by molar-refractivity contribution is -0.142. The summed E-state index contributed by atoms with van der Waals surface area (Å²) in [5.41, 5.74) is 1.34. The van der Waals surface area contributed by atoms with Crippen LogP contribution in [0.25, 0.3) is 0 Å². The van der Waals surface area contributed by atoms with Crippen molar-refractivity contribution in [3.05, 3.63) is 17.2 Å². The third-order valence-electron chi connectivity index (χ3n) is 2.74. The average molecular weight is 209 g/mol. The molecule has 1 aromatic heterocycles. The molecule has 1 atom stereocenters. The molecular weight excluding hydrogens is 198 g/mol. The predicted molar refractivity (Wildman–Crippen MR) is 50.7 cm³/mol. The van der Waals surface area contributed by atoms with Gasteiger partial charge in [-0.3, -0.25) is 4.79 Å². The molecular formula is C10H11NO4. The van der Waals surface area contributed by atoms with Crippen LogP contribution in [0.2, 0.25) is 0 Å². The average Bonchev–Trinajstić information content (AvgIpc) is 2.16. The Morgan fingerprint density at radius 3 is 2.87 bits per heavy atom. The minimum absolute atomic E-state index is 0.222. The second-order valence-electron chi connectivity index (χ2n) is 3.72. The first kappa shape index (κ1) is 9.76. The van der Waals surface area contributed by atoms with E-state index < -0.39 is 11.9 Å². The van der Waals surface area contributed by atoms with Gasteiger partial charge < -0.3 is 15.3 Å². The number of fused-ring (bicyclic) bond motifs is 1. The highest BCUT2D eigenvalue weighted by molar-refractivity contribution is 5.71. The Morgan fingerprint density at radius 2 is 2.20 bits per heavy atom. The molecule has 1 aliphatic rings. The van der Waals surface area contributed by atoms with E-state index in [1.165, 1.54) is 6.07 Å². The first-order valence-electron chi connectivity index (χ1n) is 4.71. The highest BCUT2D eigenvalue weighted by Gasteiger charge is 2.27. The van der Waals surface area contributed by atoms with Crippen LogP contribution in [0.3, 0.4) is 0 Å². The normalized spacial score (nSPS) is 19.6. The summed E-state index contributed by atoms with van der Waals surface area (Å²) in [5.74, 6) is -1.79. The van der Waals surface area contributed by atoms with Crippen LogP contribution in [0.15, 0.2) is 6.07 Å². The van der Waals surface area contributed by atoms with Crippen molar-refractivity contribution in [3.63, 3.8) is 0 Å². The number of nitrogens with zero attached hydrogens (tertiary/aromatic N) is 1. The Bertz CT molecular complexity index is 416. The molecule has 1 heterocycles. The zero-order valence-corrected chi connectivity index (χ0v) is 7.97. The third kappa shape index (κ3) is 1.72. The molecule has 0 aromatic carbocycles. The Morgan fingerprint density at radius 1 is 1.47 bits per heavy atom. The van der Waals surface area contributed by atoms with Gasteiger partial charge in [-0.15, -0.1) is 0 Å². The molecule has 1 aliphatic carbocycles. The number of carbonyl (C=O) groups is 1. The van der Waals surface area contributed by atoms with Gasteiger partial charge in [0.1, 0.15) is 0 Å². The van der Waals surface area contributed by atoms with Gasteiger partial charge in [-0.2, -0.15) is 4.98 Å². The summed E-state index contributed by atoms with van der Waals surface area (Å²) >= 11 is 0. The largest absolute Gasteiger partial charge is 0.493 e. The highest BCUT2D eigenvalue weighted by atomic mass is 16.4. The van der Waals surface area contributed by atoms with E-state index in [0.717, 1.165) is 5.56 Å². The number of pyridine rings is 1. The van der Waals surface area contributed by atoms with Crippen LogP contribution in [0, 0.1) is 5.92 Å². The van der Waals surface area contributed by atoms with E-state index in [9.17, 15) is 9.90 Å². The summed E-state index contributed by atoms with van der Waals surface area (Å²) in [4.78, 5) is 14.3. The van der Waals surface area contributed by atoms with Crippen LogP contribution in [-0.2, 0) is 17.6 Å². The van der Waals surface area contributed by atoms with Crippen LogP contribution in [0.4, 0.5) is 0 Å². The molecule has 2 rings (SSSR count). The summed E-state index contributed by atoms with van der Waals surface area (Å²) in [6, 6.07) is 1.48. The lowest BCUT2D eigenvalue weighted by atomic mass is 9.84. The van der Waals surface area contributed by atoms with E-state index >= 15 is 0 Å². The molecule has 5 nitrogen and oxygen atoms in total. The minimum atomic E-state index is -0.854. The monoisotopic (exact) mass is 209 g/mol. The number of aromatic nitrogens is 1. The molecule has 0 radical (unpaired) electrons. The fraction of sp³-hybridized carbons (Fsp3) is 0.400. The van der Waals surface area contributed by atoms with E-state index in [1.54, 1.807) is 0 Å². The number of aryl methyl sites for hydroxylation is 1. The standard InChI is InChI=1S/C10H11NO4/c12-8-4-5-1-2-6(10(14)15)3-7(5)9(13)11-8/h4,6H,1-3H2,(H,14,15)(H2,11,12,13)/t6-/m0/s1. The number of aromatic hydroxyl groups is 2. The predicted octanol–water partition coefficient (Wildman–Crippen LogP) is 0.682. The van der Waals surface area contributed by atoms with Gasteiger partial charge in [0.15, 0.2) is 0 Å². The van der Waals surface area contributed by atoms with Crippen molar-refractivity contribution >= 4 is 5.97 Å². The molecule has 0 saturated heterocycles. The lowest BCUT2D eigenvalue weighted by Gasteiger charge is -2.21. The number of aliphatic carboxylic acids is 1. The summed E-state index contributed by atoms with van der Waals surface area (Å²) < 4.78 is 0. The zero-order chi connectivity index (χ0) is 11.0. The SMILES string of the molecule is O=C(O)[C@H]1CCc2cc(O)nc(O)c2C1. The number of rotatable bonds is 1. The third-order valence-corrected chi connectivity index (χ3v) is 2.74. The lowest BCUT2D eigenvalue weighted by Crippen LogP contribution is -2.22. The van der Waals surface area contributed by atoms with Crippen molar-refractivity contribution in [1.29, 1.82) is 0 Å². The maximum Gasteiger partial charge on any atom is 0.306 e. The maximum absolute atomic E-state index is 10.8. The van der Waals surface area contributed by atoms with E-state index in [-0.39, 0.29) is 18.2 Å². The number of hydrogen-bond donors (Lipinski definition) is 3. The molecule has 80 valence electrons. The molecule has 15 heavy (non-hydrogen) atoms. The van der Waals surface area contributed by atoms with E-state index in [1.807, 2.05) is 0 Å². The van der Waals surface area contributed by atoms with Crippen LogP contribution in [0.1, 0.15) is 17.5 Å². The van der Waals surface area contributed by atoms with Crippen molar-refractivity contribution < 1.29 is 20.1 Å². The molecule has 1 aromatic rings. The quantitative estimate of drug-likeness (QED) is 0.632. The van der Waals surface area contributed by atoms with Gasteiger partial charge in [-0.1, -0.05) is 0 Å². The molecule has 0 fully saturated rings. The van der Waals surface area contributed by atoms with E-state index in [0.29, 0.717) is 18.4 Å². The molecule has 5 heteroatoms. The maximum atomic E-state index is 10.8. The summed E-state index contributed by atoms with van der Waals surface area (Å²) in [6.07, 6.45) is 1.37. The van der Waals surface area contributed by atoms with Crippen molar-refractivity contribution in [2.75, 3.05) is 0 Å². The van der Waals surface area contributed by atoms with Crippen molar-refractivity contribution in [2.24, 2.45) is 5.92 Å². The number of carboxylic acid groups (broad SMARTS) is 1. The van der Waals surface area contributed by atoms with Crippen molar-refractivity contribution in [2.45, 2.75) is 19.3 Å². The van der Waals surface area contributed by atoms with E-state index in [4.69, 9.17) is 10.2 Å². The molecule has 0 bridgehead atoms. The smallest absolute Gasteiger partial charge is 0.306 e. The van der Waals surface area contributed by atoms with Crippen LogP contribution in [-0.4, -0.2) is 26.3 Å². The second kappa shape index (κ2) is 3.42. The Kier molecular flexibility index (Phi) is 2.22. The van der Waals surface area contributed by atoms with Gasteiger partial charge in [0.25, 0.3) is 0 Å². The summed E-state index contributed by atoms with van der Waals surface area (Å²) in [5, 5.41) is 27.5. The fourth-order valence-electron chi connectivity index (χ4n) is 1.93. The first-order chi connectivity index (χ1) is 7.08. The molecule has 0 aliphatic heterocycles. The number of hydrogen-bond acceptors (Lipinski definition) is 4. The molecule has 0 unspecified atom stereocenters. The molecule has 3 N–H and O–H groups in total. The van der Waals surface area contributed by atoms with Gasteiger partial charge >= 0.3 is 5.97 Å². The molecule has 0 saturated carbocycles. The second-order valence-corrected chi connectivity index (χ2v) is 3.72. The Hall–Kier alpha value is -1.78. The fourth-order valence-corrected chi connectivity index (χ4v) is 1.93. The van der Waals surface area contributed by atoms with Crippen LogP contribution < -0.4 is 0 Å². The summed E-state index contributed by atoms with van der Waals surface area (Å²) in [7, 11) is 0. The van der Waals surface area contributed by atoms with Crippen LogP contribution >= 0.6 is 0 Å². The van der Waals surface area contributed by atoms with Crippen molar-refractivity contribution in [1.82, 2.24) is 4.98 Å². The highest BCUT2D eigenvalue weighted by Crippen LogP contribution is 2.32. The molecule has 0 spiro atoms. The van der Waals surface area contributed by atoms with Gasteiger partial charge in [0.05, 0.1) is 5.92 Å². The van der Waals surface area contributed by atoms with Gasteiger partial charge in [0.2, 0.25) is 11.8 Å². The Balaban J connectivity index is 2.37. The summed E-state index contributed by atoms with van der Waals surface area (Å²) in [6.45, 7) is 0. The van der Waals surface area contributed by atoms with Crippen molar-refractivity contribution in [3.8, 4) is 11.8 Å². The van der Waals surface area contributed by atoms with Gasteiger partial charge in [0, 0.05) is 11.6 Å². The molecule has 0 amide bonds. The van der Waals surface area contributed by atoms with E-state index in [2.05, 4.69) is 4.98 Å². The topological polar surface area (TPSA) is 90.7 Å². The first-order valence-corrected chi connectivity index (χ1v) is 4.71. The minimum Gasteiger partial charge on any atom is -0.493 e. The van der Waals surface area contributed by atoms with Crippen LogP contribution in [0.5, 0.6) is 11.8 Å². The number of carboxylic acids is 1.